The van der Waals surface area contributed by atoms with Gasteiger partial charge in [-0.25, -0.2) is 0 Å². The zero-order valence-corrected chi connectivity index (χ0v) is 70.9. The van der Waals surface area contributed by atoms with Crippen molar-refractivity contribution in [3.05, 3.63) is 353 Å². The van der Waals surface area contributed by atoms with Crippen LogP contribution < -0.4 is 31.9 Å². The molecule has 117 heavy (non-hydrogen) atoms. The first kappa shape index (κ1) is 79.6. The smallest absolute Gasteiger partial charge is 0.124 e. The molecule has 0 saturated heterocycles. The Bertz CT molecular complexity index is 6240. The van der Waals surface area contributed by atoms with Crippen molar-refractivity contribution < 1.29 is 44.3 Å². The number of hydrogen-bond acceptors (Lipinski definition) is 12. The van der Waals surface area contributed by atoms with Crippen LogP contribution in [0.3, 0.4) is 0 Å². The Morgan fingerprint density at radius 3 is 0.880 bits per heavy atom. The molecule has 594 valence electrons. The number of hydrogen-bond donors (Lipinski definition) is 9. The van der Waals surface area contributed by atoms with Gasteiger partial charge in [-0.05, 0) is 194 Å². The normalized spacial score (nSPS) is 16.6. The van der Waals surface area contributed by atoms with Crippen molar-refractivity contribution in [3.8, 4) is 67.9 Å². The molecule has 0 aliphatic carbocycles. The van der Waals surface area contributed by atoms with Crippen molar-refractivity contribution in [2.45, 2.75) is 143 Å². The van der Waals surface area contributed by atoms with Crippen LogP contribution in [0.5, 0.6) is 34.5 Å². The number of anilines is 3. The van der Waals surface area contributed by atoms with Crippen LogP contribution in [0.2, 0.25) is 0 Å². The van der Waals surface area contributed by atoms with Crippen molar-refractivity contribution in [1.82, 2.24) is 0 Å². The Balaban J connectivity index is 0.870. The molecule has 0 saturated carbocycles. The molecule has 13 aromatic rings. The van der Waals surface area contributed by atoms with E-state index in [-0.39, 0.29) is 85.0 Å². The summed E-state index contributed by atoms with van der Waals surface area (Å²) in [5.74, 6) is 0.418. The van der Waals surface area contributed by atoms with E-state index in [0.717, 1.165) is 116 Å². The molecule has 3 aliphatic rings. The molecule has 13 aromatic carbocycles. The van der Waals surface area contributed by atoms with Crippen molar-refractivity contribution in [1.29, 1.82) is 0 Å². The van der Waals surface area contributed by atoms with Gasteiger partial charge in [0.1, 0.15) is 55.9 Å². The summed E-state index contributed by atoms with van der Waals surface area (Å²) < 4.78 is 49.2. The monoisotopic (exact) mass is 1610 g/mol. The van der Waals surface area contributed by atoms with Gasteiger partial charge in [0.15, 0.2) is 0 Å². The van der Waals surface area contributed by atoms with Gasteiger partial charge in [0, 0.05) is 142 Å². The zero-order chi connectivity index (χ0) is 82.2. The second kappa shape index (κ2) is 31.3. The molecule has 3 aliphatic heterocycles. The number of nitrogens with one attached hydrogen (secondary N) is 3. The summed E-state index contributed by atoms with van der Waals surface area (Å²) in [6, 6.07) is 78.2. The number of rotatable bonds is 23. The van der Waals surface area contributed by atoms with Gasteiger partial charge in [0.2, 0.25) is 0 Å². The third-order valence-electron chi connectivity index (χ3n) is 24.9. The average Bonchev–Trinajstić information content (AvgIpc) is 0.753. The van der Waals surface area contributed by atoms with Crippen LogP contribution in [0.1, 0.15) is 158 Å². The van der Waals surface area contributed by atoms with Gasteiger partial charge in [-0.1, -0.05) is 240 Å². The zero-order valence-electron chi connectivity index (χ0n) is 68.3. The third kappa shape index (κ3) is 15.2. The van der Waals surface area contributed by atoms with E-state index in [2.05, 4.69) is 100.0 Å². The summed E-state index contributed by atoms with van der Waals surface area (Å²) in [6.45, 7) is 21.7. The summed E-state index contributed by atoms with van der Waals surface area (Å²) in [6.07, 6.45) is 1.49. The van der Waals surface area contributed by atoms with Gasteiger partial charge in [0.05, 0.1) is 0 Å². The van der Waals surface area contributed by atoms with Gasteiger partial charge in [-0.2, -0.15) is 0 Å². The maximum atomic E-state index is 16.6. The molecule has 0 aromatic heterocycles. The number of aryl methyl sites for hydroxylation is 4. The molecule has 9 N–H and O–H groups in total. The lowest BCUT2D eigenvalue weighted by Crippen LogP contribution is -2.22. The highest BCUT2D eigenvalue weighted by Gasteiger charge is 2.41. The van der Waals surface area contributed by atoms with Crippen LogP contribution in [0.15, 0.2) is 237 Å². The van der Waals surface area contributed by atoms with E-state index in [1.54, 1.807) is 0 Å². The fourth-order valence-corrected chi connectivity index (χ4v) is 27.8. The first-order valence-electron chi connectivity index (χ1n) is 40.7. The first-order valence-corrected chi connectivity index (χ1v) is 46.9. The number of phenols is 6. The molecule has 0 bridgehead atoms. The van der Waals surface area contributed by atoms with E-state index in [1.807, 2.05) is 222 Å². The minimum atomic E-state index is -3.46. The quantitative estimate of drug-likeness (QED) is 0.0274. The van der Waals surface area contributed by atoms with E-state index in [1.165, 1.54) is 0 Å². The number of benzene rings is 13. The standard InChI is InChI=1S/C102H102N3O9P3/c1-11-103-83-52-84(104-12-2)54-85(53-83)105-55-75-48-82(51-78(100(75)111)61-117(114)58-70-27-15-18-30-88(70)91-33-21-24-36-94(91)117)101(7,8)79-44-71(41-66-37-62(3)95(106)63(4)38-66)97(108)73(46-79)43-74-47-81(50-77(99(74)110)60-116(113)57-69-26-14-17-29-87(69)90-32-20-23-35-93(90)116)102(9,10)80-45-72(42-67-39-64(5)96(107)65(6)40-67)98(109)76(49-80)59-115(112)56-68-25-13-16-28-86(68)89-31-19-22-34-92(89)115/h13-40,44-54,103-111H,11-12,41-43,55-61H2,1-10H3. The summed E-state index contributed by atoms with van der Waals surface area (Å²) in [7, 11) is -10.1. The fraction of sp³-hybridized carbons (Fsp3) is 0.235. The molecule has 0 fully saturated rings. The van der Waals surface area contributed by atoms with E-state index in [0.29, 0.717) is 92.2 Å². The average molecular weight is 1610 g/mol. The molecule has 3 heterocycles. The first-order chi connectivity index (χ1) is 56.0. The predicted molar refractivity (Wildman–Crippen MR) is 482 cm³/mol. The molecule has 0 spiro atoms. The number of phenolic OH excluding ortho intramolecular Hbond substituents is 6. The highest BCUT2D eigenvalue weighted by Crippen LogP contribution is 2.62. The molecule has 3 atom stereocenters. The Hall–Kier alpha value is -11.3. The highest BCUT2D eigenvalue weighted by molar-refractivity contribution is 7.71. The fourth-order valence-electron chi connectivity index (χ4n) is 18.6. The minimum Gasteiger partial charge on any atom is -0.507 e. The Morgan fingerprint density at radius 1 is 0.299 bits per heavy atom. The highest BCUT2D eigenvalue weighted by atomic mass is 31.2. The van der Waals surface area contributed by atoms with Crippen LogP contribution in [0.25, 0.3) is 33.4 Å². The number of fused-ring (bicyclic) bond motifs is 9. The van der Waals surface area contributed by atoms with Crippen LogP contribution in [-0.4, -0.2) is 43.7 Å². The molecule has 3 unspecified atom stereocenters. The largest absolute Gasteiger partial charge is 0.507 e. The van der Waals surface area contributed by atoms with Crippen LogP contribution >= 0.6 is 21.4 Å². The van der Waals surface area contributed by atoms with Crippen molar-refractivity contribution in [2.24, 2.45) is 0 Å². The maximum absolute atomic E-state index is 16.6. The molecular weight excluding hydrogens is 1500 g/mol. The lowest BCUT2D eigenvalue weighted by molar-refractivity contribution is 0.455. The van der Waals surface area contributed by atoms with Gasteiger partial charge in [0.25, 0.3) is 0 Å². The molecule has 16 rings (SSSR count). The lowest BCUT2D eigenvalue weighted by Gasteiger charge is -2.32. The van der Waals surface area contributed by atoms with Crippen molar-refractivity contribution in [3.63, 3.8) is 0 Å². The molecule has 12 nitrogen and oxygen atoms in total. The predicted octanol–water partition coefficient (Wildman–Crippen LogP) is 23.2. The van der Waals surface area contributed by atoms with Gasteiger partial charge in [-0.15, -0.1) is 0 Å². The Kier molecular flexibility index (Phi) is 21.3. The molecular formula is C102H102N3O9P3. The molecule has 0 amide bonds. The van der Waals surface area contributed by atoms with E-state index in [4.69, 9.17) is 0 Å². The van der Waals surface area contributed by atoms with Gasteiger partial charge in [-0.3, -0.25) is 0 Å². The SMILES string of the molecule is CCNc1cc(NCC)cc(NCc2cc(C(C)(C)c3cc(Cc4cc(C)c(O)c(C)c4)c(O)c(Cc4cc(C(C)(C)c5cc(Cc6cc(C)c(O)c(C)c6)c(O)c(CP6(=O)Cc7ccccc7-c7ccccc76)c5)cc(CP5(=O)Cc6ccccc6-c6ccccc65)c4O)c3)cc(CP3(=O)Cc4ccccc4-c4ccccc43)c2O)c1. The van der Waals surface area contributed by atoms with Gasteiger partial charge >= 0.3 is 0 Å². The van der Waals surface area contributed by atoms with Crippen LogP contribution in [0, 0.1) is 27.7 Å². The topological polar surface area (TPSA) is 209 Å². The molecule has 15 heteroatoms. The third-order valence-corrected chi connectivity index (χ3v) is 33.8. The second-order valence-electron chi connectivity index (χ2n) is 33.9. The maximum Gasteiger partial charge on any atom is 0.124 e. The van der Waals surface area contributed by atoms with Crippen molar-refractivity contribution >= 4 is 54.4 Å². The van der Waals surface area contributed by atoms with E-state index in [9.17, 15) is 30.6 Å². The second-order valence-corrected chi connectivity index (χ2v) is 42.5. The summed E-state index contributed by atoms with van der Waals surface area (Å²) in [4.78, 5) is 0. The summed E-state index contributed by atoms with van der Waals surface area (Å²) >= 11 is 0. The minimum absolute atomic E-state index is 0.00538. The lowest BCUT2D eigenvalue weighted by atomic mass is 9.74. The number of aromatic hydroxyl groups is 6. The molecule has 0 radical (unpaired) electrons. The Labute approximate surface area is 687 Å². The van der Waals surface area contributed by atoms with Crippen molar-refractivity contribution in [2.75, 3.05) is 29.0 Å². The van der Waals surface area contributed by atoms with E-state index < -0.39 is 32.3 Å². The van der Waals surface area contributed by atoms with Gasteiger partial charge < -0.3 is 60.3 Å². The summed E-state index contributed by atoms with van der Waals surface area (Å²) in [5, 5.41) is 88.1. The van der Waals surface area contributed by atoms with Crippen LogP contribution in [0.4, 0.5) is 17.1 Å². The van der Waals surface area contributed by atoms with E-state index >= 15 is 13.7 Å². The Morgan fingerprint density at radius 2 is 0.556 bits per heavy atom. The summed E-state index contributed by atoms with van der Waals surface area (Å²) in [5.41, 5.74) is 21.4. The van der Waals surface area contributed by atoms with Crippen LogP contribution in [-0.2, 0) is 87.3 Å².